The van der Waals surface area contributed by atoms with Gasteiger partial charge in [-0.2, -0.15) is 4.31 Å². The fourth-order valence-electron chi connectivity index (χ4n) is 3.52. The summed E-state index contributed by atoms with van der Waals surface area (Å²) in [6.45, 7) is 4.54. The summed E-state index contributed by atoms with van der Waals surface area (Å²) in [6.07, 6.45) is 0.863. The molecule has 1 N–H and O–H groups in total. The van der Waals surface area contributed by atoms with Crippen LogP contribution in [0.25, 0.3) is 0 Å². The zero-order valence-electron chi connectivity index (χ0n) is 16.3. The summed E-state index contributed by atoms with van der Waals surface area (Å²) < 4.78 is 37.1. The molecule has 10 heteroatoms. The fraction of sp³-hybridized carbons (Fsp3) is 0.579. The van der Waals surface area contributed by atoms with Crippen LogP contribution in [0.4, 0.5) is 5.69 Å². The number of benzene rings is 1. The highest BCUT2D eigenvalue weighted by Crippen LogP contribution is 2.34. The third kappa shape index (κ3) is 4.24. The number of amides is 1. The molecule has 1 aromatic carbocycles. The molecule has 1 saturated carbocycles. The predicted octanol–water partition coefficient (Wildman–Crippen LogP) is 0.673. The Kier molecular flexibility index (Phi) is 5.50. The molecular formula is C19H25N3O6S. The zero-order valence-corrected chi connectivity index (χ0v) is 17.1. The van der Waals surface area contributed by atoms with Crippen LogP contribution < -0.4 is 10.1 Å². The van der Waals surface area contributed by atoms with E-state index >= 15 is 0 Å². The molecule has 0 unspecified atom stereocenters. The predicted molar refractivity (Wildman–Crippen MR) is 105 cm³/mol. The van der Waals surface area contributed by atoms with Crippen molar-refractivity contribution < 1.29 is 27.5 Å². The molecule has 2 fully saturated rings. The second-order valence-corrected chi connectivity index (χ2v) is 9.77. The number of hydrogen-bond donors (Lipinski definition) is 1. The number of para-hydroxylation sites is 1. The maximum Gasteiger partial charge on any atom is 0.342 e. The number of nitrogens with one attached hydrogen (secondary N) is 1. The van der Waals surface area contributed by atoms with Gasteiger partial charge >= 0.3 is 5.97 Å². The molecule has 29 heavy (non-hydrogen) atoms. The Balaban J connectivity index is 1.27. The number of piperazine rings is 1. The molecule has 0 spiro atoms. The van der Waals surface area contributed by atoms with E-state index in [1.54, 1.807) is 29.4 Å². The van der Waals surface area contributed by atoms with Gasteiger partial charge in [-0.05, 0) is 31.9 Å². The lowest BCUT2D eigenvalue weighted by atomic mass is 10.1. The molecule has 1 aromatic rings. The maximum atomic E-state index is 12.5. The number of fused-ring (bicyclic) bond motifs is 1. The number of esters is 1. The van der Waals surface area contributed by atoms with Crippen LogP contribution in [-0.4, -0.2) is 80.2 Å². The van der Waals surface area contributed by atoms with Gasteiger partial charge in [-0.3, -0.25) is 9.69 Å². The Bertz CT molecular complexity index is 907. The zero-order chi connectivity index (χ0) is 20.6. The van der Waals surface area contributed by atoms with Crippen molar-refractivity contribution in [3.05, 3.63) is 23.8 Å². The van der Waals surface area contributed by atoms with E-state index in [-0.39, 0.29) is 23.3 Å². The van der Waals surface area contributed by atoms with Gasteiger partial charge in [0.2, 0.25) is 10.0 Å². The summed E-state index contributed by atoms with van der Waals surface area (Å²) in [6, 6.07) is 4.94. The monoisotopic (exact) mass is 423 g/mol. The van der Waals surface area contributed by atoms with Crippen LogP contribution in [0.2, 0.25) is 0 Å². The fourth-order valence-corrected chi connectivity index (χ4v) is 5.34. The third-order valence-corrected chi connectivity index (χ3v) is 7.83. The summed E-state index contributed by atoms with van der Waals surface area (Å²) in [5.41, 5.74) is 0.727. The molecule has 1 atom stereocenters. The highest BCUT2D eigenvalue weighted by molar-refractivity contribution is 7.90. The number of ether oxygens (including phenoxy) is 2. The van der Waals surface area contributed by atoms with Gasteiger partial charge < -0.3 is 14.8 Å². The molecule has 4 rings (SSSR count). The van der Waals surface area contributed by atoms with Gasteiger partial charge in [-0.1, -0.05) is 6.07 Å². The minimum atomic E-state index is -3.12. The molecule has 0 aromatic heterocycles. The first-order valence-corrected chi connectivity index (χ1v) is 11.4. The Morgan fingerprint density at radius 2 is 1.97 bits per heavy atom. The van der Waals surface area contributed by atoms with Crippen molar-refractivity contribution >= 4 is 27.6 Å². The van der Waals surface area contributed by atoms with Crippen molar-refractivity contribution in [3.63, 3.8) is 0 Å². The van der Waals surface area contributed by atoms with E-state index in [0.29, 0.717) is 44.2 Å². The van der Waals surface area contributed by atoms with E-state index in [1.165, 1.54) is 0 Å². The normalized spacial score (nSPS) is 23.1. The van der Waals surface area contributed by atoms with E-state index in [9.17, 15) is 18.0 Å². The molecule has 2 aliphatic heterocycles. The minimum absolute atomic E-state index is 0.179. The van der Waals surface area contributed by atoms with Crippen LogP contribution in [0.5, 0.6) is 5.75 Å². The van der Waals surface area contributed by atoms with Crippen LogP contribution in [0, 0.1) is 0 Å². The Morgan fingerprint density at radius 1 is 1.24 bits per heavy atom. The first-order valence-electron chi connectivity index (χ1n) is 9.85. The number of rotatable bonds is 6. The molecule has 2 heterocycles. The van der Waals surface area contributed by atoms with Crippen molar-refractivity contribution in [1.82, 2.24) is 9.21 Å². The second-order valence-electron chi connectivity index (χ2n) is 7.55. The highest BCUT2D eigenvalue weighted by Gasteiger charge is 2.40. The number of nitrogens with zero attached hydrogens (tertiary/aromatic N) is 2. The van der Waals surface area contributed by atoms with Crippen LogP contribution >= 0.6 is 0 Å². The molecule has 0 radical (unpaired) electrons. The highest BCUT2D eigenvalue weighted by atomic mass is 32.2. The van der Waals surface area contributed by atoms with E-state index < -0.39 is 22.1 Å². The average molecular weight is 423 g/mol. The molecule has 9 nitrogen and oxygen atoms in total. The molecule has 0 bridgehead atoms. The molecule has 1 aliphatic carbocycles. The molecule has 1 amide bonds. The number of anilines is 1. The SMILES string of the molecule is C[C@@H]1Oc2c(cccc2C(=O)OCCN2CCN(S(=O)(=O)C3CC3)CC2)NC1=O. The second kappa shape index (κ2) is 7.92. The average Bonchev–Trinajstić information content (AvgIpc) is 3.55. The maximum absolute atomic E-state index is 12.5. The molecule has 3 aliphatic rings. The summed E-state index contributed by atoms with van der Waals surface area (Å²) in [7, 11) is -3.12. The van der Waals surface area contributed by atoms with Gasteiger partial charge in [0.15, 0.2) is 11.9 Å². The Hall–Kier alpha value is -2.17. The largest absolute Gasteiger partial charge is 0.478 e. The summed E-state index contributed by atoms with van der Waals surface area (Å²) in [5, 5.41) is 2.53. The van der Waals surface area contributed by atoms with Gasteiger partial charge in [0.05, 0.1) is 10.9 Å². The third-order valence-electron chi connectivity index (χ3n) is 5.43. The molecule has 158 valence electrons. The van der Waals surface area contributed by atoms with Gasteiger partial charge in [0.1, 0.15) is 12.2 Å². The van der Waals surface area contributed by atoms with Gasteiger partial charge in [-0.25, -0.2) is 13.2 Å². The van der Waals surface area contributed by atoms with E-state index in [4.69, 9.17) is 9.47 Å². The number of sulfonamides is 1. The lowest BCUT2D eigenvalue weighted by Gasteiger charge is -2.33. The Labute approximate surface area is 170 Å². The summed E-state index contributed by atoms with van der Waals surface area (Å²) in [4.78, 5) is 26.3. The van der Waals surface area contributed by atoms with Crippen molar-refractivity contribution in [2.75, 3.05) is 44.6 Å². The van der Waals surface area contributed by atoms with Crippen LogP contribution in [0.3, 0.4) is 0 Å². The first-order chi connectivity index (χ1) is 13.9. The van der Waals surface area contributed by atoms with Crippen molar-refractivity contribution in [2.45, 2.75) is 31.1 Å². The number of carbonyl (C=O) groups excluding carboxylic acids is 2. The van der Waals surface area contributed by atoms with Crippen LogP contribution in [0.1, 0.15) is 30.1 Å². The van der Waals surface area contributed by atoms with Gasteiger partial charge in [0, 0.05) is 32.7 Å². The van der Waals surface area contributed by atoms with E-state index in [0.717, 1.165) is 12.8 Å². The smallest absolute Gasteiger partial charge is 0.342 e. The lowest BCUT2D eigenvalue weighted by molar-refractivity contribution is -0.122. The van der Waals surface area contributed by atoms with Crippen molar-refractivity contribution in [2.24, 2.45) is 0 Å². The lowest BCUT2D eigenvalue weighted by Crippen LogP contribution is -2.50. The summed E-state index contributed by atoms with van der Waals surface area (Å²) in [5.74, 6) is -0.450. The standard InChI is InChI=1S/C19H25N3O6S/c1-13-18(23)20-16-4-2-3-15(17(16)28-13)19(24)27-12-11-21-7-9-22(10-8-21)29(25,26)14-5-6-14/h2-4,13-14H,5-12H2,1H3,(H,20,23)/t13-/m0/s1. The molecule has 1 saturated heterocycles. The molecular weight excluding hydrogens is 398 g/mol. The Morgan fingerprint density at radius 3 is 2.66 bits per heavy atom. The summed E-state index contributed by atoms with van der Waals surface area (Å²) >= 11 is 0. The first kappa shape index (κ1) is 20.1. The van der Waals surface area contributed by atoms with Crippen molar-refractivity contribution in [3.8, 4) is 5.75 Å². The van der Waals surface area contributed by atoms with Crippen LogP contribution in [-0.2, 0) is 19.6 Å². The van der Waals surface area contributed by atoms with E-state index in [1.807, 2.05) is 0 Å². The van der Waals surface area contributed by atoms with Gasteiger partial charge in [0.25, 0.3) is 5.91 Å². The number of carbonyl (C=O) groups is 2. The van der Waals surface area contributed by atoms with Crippen molar-refractivity contribution in [1.29, 1.82) is 0 Å². The minimum Gasteiger partial charge on any atom is -0.478 e. The van der Waals surface area contributed by atoms with Crippen LogP contribution in [0.15, 0.2) is 18.2 Å². The quantitative estimate of drug-likeness (QED) is 0.671. The van der Waals surface area contributed by atoms with E-state index in [2.05, 4.69) is 10.2 Å². The topological polar surface area (TPSA) is 105 Å². The number of hydrogen-bond acceptors (Lipinski definition) is 7. The van der Waals surface area contributed by atoms with Gasteiger partial charge in [-0.15, -0.1) is 0 Å².